The van der Waals surface area contributed by atoms with Crippen molar-refractivity contribution >= 4 is 15.9 Å². The maximum atomic E-state index is 10.7. The molecule has 2 heterocycles. The molecule has 0 aliphatic carbocycles. The van der Waals surface area contributed by atoms with E-state index in [1.165, 1.54) is 18.7 Å². The highest BCUT2D eigenvalue weighted by Gasteiger charge is 1.96. The molecule has 0 aromatic carbocycles. The molecule has 2 aromatic heterocycles. The fourth-order valence-electron chi connectivity index (χ4n) is 0.938. The van der Waals surface area contributed by atoms with Crippen LogP contribution in [0.1, 0.15) is 11.4 Å². The summed E-state index contributed by atoms with van der Waals surface area (Å²) in [7, 11) is 0. The molecule has 0 aliphatic rings. The summed E-state index contributed by atoms with van der Waals surface area (Å²) in [6, 6.07) is 1.44. The van der Waals surface area contributed by atoms with Gasteiger partial charge in [0, 0.05) is 11.8 Å². The SMILES string of the molecule is Cc1cc(=O)[nH]cn1.Cc1nc[nH]c(=O)c1Br. The van der Waals surface area contributed by atoms with Crippen LogP contribution in [0.4, 0.5) is 0 Å². The quantitative estimate of drug-likeness (QED) is 0.756. The lowest BCUT2D eigenvalue weighted by molar-refractivity contribution is 1.04. The van der Waals surface area contributed by atoms with Crippen LogP contribution in [-0.2, 0) is 0 Å². The summed E-state index contributed by atoms with van der Waals surface area (Å²) < 4.78 is 0.505. The van der Waals surface area contributed by atoms with E-state index in [2.05, 4.69) is 35.9 Å². The molecule has 0 bridgehead atoms. The predicted molar refractivity (Wildman–Crippen MR) is 66.9 cm³/mol. The van der Waals surface area contributed by atoms with Crippen molar-refractivity contribution in [3.8, 4) is 0 Å². The minimum Gasteiger partial charge on any atom is -0.313 e. The molecule has 2 N–H and O–H groups in total. The number of aromatic amines is 2. The van der Waals surface area contributed by atoms with Crippen LogP contribution in [0.3, 0.4) is 0 Å². The van der Waals surface area contributed by atoms with E-state index in [0.29, 0.717) is 10.2 Å². The van der Waals surface area contributed by atoms with Crippen molar-refractivity contribution in [2.24, 2.45) is 0 Å². The number of hydrogen-bond acceptors (Lipinski definition) is 4. The lowest BCUT2D eigenvalue weighted by Crippen LogP contribution is -2.08. The zero-order chi connectivity index (χ0) is 12.8. The summed E-state index contributed by atoms with van der Waals surface area (Å²) in [6.07, 6.45) is 2.76. The van der Waals surface area contributed by atoms with Gasteiger partial charge in [0.2, 0.25) is 0 Å². The molecule has 90 valence electrons. The van der Waals surface area contributed by atoms with Gasteiger partial charge < -0.3 is 9.97 Å². The number of nitrogens with one attached hydrogen (secondary N) is 2. The van der Waals surface area contributed by atoms with Crippen LogP contribution in [0.5, 0.6) is 0 Å². The van der Waals surface area contributed by atoms with Crippen LogP contribution in [0.15, 0.2) is 32.8 Å². The van der Waals surface area contributed by atoms with Gasteiger partial charge in [-0.15, -0.1) is 0 Å². The maximum absolute atomic E-state index is 10.7. The van der Waals surface area contributed by atoms with Gasteiger partial charge in [-0.2, -0.15) is 0 Å². The highest BCUT2D eigenvalue weighted by molar-refractivity contribution is 9.10. The van der Waals surface area contributed by atoms with Crippen LogP contribution < -0.4 is 11.1 Å². The Morgan fingerprint density at radius 1 is 1.12 bits per heavy atom. The number of nitrogens with zero attached hydrogens (tertiary/aromatic N) is 2. The Kier molecular flexibility index (Phi) is 4.77. The Morgan fingerprint density at radius 3 is 2.18 bits per heavy atom. The van der Waals surface area contributed by atoms with Gasteiger partial charge in [0.1, 0.15) is 4.47 Å². The third-order valence-electron chi connectivity index (χ3n) is 1.79. The summed E-state index contributed by atoms with van der Waals surface area (Å²) in [4.78, 5) is 33.5. The number of aromatic nitrogens is 4. The zero-order valence-electron chi connectivity index (χ0n) is 9.32. The fraction of sp³-hybridized carbons (Fsp3) is 0.200. The molecule has 0 fully saturated rings. The van der Waals surface area contributed by atoms with Crippen molar-refractivity contribution < 1.29 is 0 Å². The summed E-state index contributed by atoms with van der Waals surface area (Å²) >= 11 is 3.07. The van der Waals surface area contributed by atoms with E-state index < -0.39 is 0 Å². The van der Waals surface area contributed by atoms with Crippen LogP contribution in [0.25, 0.3) is 0 Å². The molecule has 2 rings (SSSR count). The number of halogens is 1. The van der Waals surface area contributed by atoms with E-state index in [4.69, 9.17) is 0 Å². The van der Waals surface area contributed by atoms with Crippen LogP contribution in [-0.4, -0.2) is 19.9 Å². The largest absolute Gasteiger partial charge is 0.313 e. The Hall–Kier alpha value is -1.76. The molecule has 7 heteroatoms. The van der Waals surface area contributed by atoms with Crippen molar-refractivity contribution in [1.29, 1.82) is 0 Å². The first-order chi connectivity index (χ1) is 8.00. The van der Waals surface area contributed by atoms with E-state index >= 15 is 0 Å². The van der Waals surface area contributed by atoms with Gasteiger partial charge in [0.15, 0.2) is 0 Å². The second-order valence-electron chi connectivity index (χ2n) is 3.18. The molecule has 0 radical (unpaired) electrons. The Labute approximate surface area is 105 Å². The summed E-state index contributed by atoms with van der Waals surface area (Å²) in [5.41, 5.74) is 1.22. The van der Waals surface area contributed by atoms with E-state index in [1.54, 1.807) is 13.8 Å². The molecule has 6 nitrogen and oxygen atoms in total. The number of H-pyrrole nitrogens is 2. The third kappa shape index (κ3) is 4.31. The lowest BCUT2D eigenvalue weighted by Gasteiger charge is -1.90. The van der Waals surface area contributed by atoms with Crippen LogP contribution in [0, 0.1) is 13.8 Å². The van der Waals surface area contributed by atoms with Gasteiger partial charge in [-0.3, -0.25) is 9.59 Å². The average Bonchev–Trinajstić information content (AvgIpc) is 2.26. The van der Waals surface area contributed by atoms with E-state index in [1.807, 2.05) is 0 Å². The molecule has 0 spiro atoms. The number of hydrogen-bond donors (Lipinski definition) is 2. The Morgan fingerprint density at radius 2 is 1.76 bits per heavy atom. The first kappa shape index (κ1) is 13.3. The van der Waals surface area contributed by atoms with Crippen LogP contribution >= 0.6 is 15.9 Å². The van der Waals surface area contributed by atoms with Crippen molar-refractivity contribution in [2.75, 3.05) is 0 Å². The number of aryl methyl sites for hydroxylation is 2. The molecule has 0 saturated carbocycles. The second kappa shape index (κ2) is 6.09. The molecular formula is C10H11BrN4O2. The smallest absolute Gasteiger partial charge is 0.265 e. The minimum atomic E-state index is -0.137. The molecule has 0 aliphatic heterocycles. The fourth-order valence-corrected chi connectivity index (χ4v) is 1.16. The summed E-state index contributed by atoms with van der Waals surface area (Å²) in [5, 5.41) is 0. The van der Waals surface area contributed by atoms with Crippen molar-refractivity contribution in [1.82, 2.24) is 19.9 Å². The molecule has 0 atom stereocenters. The zero-order valence-corrected chi connectivity index (χ0v) is 10.9. The Balaban J connectivity index is 0.000000171. The van der Waals surface area contributed by atoms with Gasteiger partial charge in [0.05, 0.1) is 18.3 Å². The van der Waals surface area contributed by atoms with Gasteiger partial charge in [-0.1, -0.05) is 0 Å². The second-order valence-corrected chi connectivity index (χ2v) is 3.98. The monoisotopic (exact) mass is 298 g/mol. The molecule has 0 unspecified atom stereocenters. The van der Waals surface area contributed by atoms with Gasteiger partial charge >= 0.3 is 0 Å². The minimum absolute atomic E-state index is 0.0995. The molecule has 0 amide bonds. The molecule has 17 heavy (non-hydrogen) atoms. The van der Waals surface area contributed by atoms with E-state index in [9.17, 15) is 9.59 Å². The summed E-state index contributed by atoms with van der Waals surface area (Å²) in [6.45, 7) is 3.54. The molecular weight excluding hydrogens is 288 g/mol. The van der Waals surface area contributed by atoms with E-state index in [-0.39, 0.29) is 11.1 Å². The highest BCUT2D eigenvalue weighted by atomic mass is 79.9. The van der Waals surface area contributed by atoms with Crippen molar-refractivity contribution in [2.45, 2.75) is 13.8 Å². The predicted octanol–water partition coefficient (Wildman–Crippen LogP) is 0.919. The maximum Gasteiger partial charge on any atom is 0.265 e. The first-order valence-electron chi connectivity index (χ1n) is 4.72. The van der Waals surface area contributed by atoms with Gasteiger partial charge in [0.25, 0.3) is 11.1 Å². The average molecular weight is 299 g/mol. The molecule has 2 aromatic rings. The highest BCUT2D eigenvalue weighted by Crippen LogP contribution is 2.03. The number of rotatable bonds is 0. The first-order valence-corrected chi connectivity index (χ1v) is 5.51. The lowest BCUT2D eigenvalue weighted by atomic mass is 10.5. The van der Waals surface area contributed by atoms with Gasteiger partial charge in [-0.05, 0) is 29.8 Å². The Bertz CT molecular complexity index is 605. The van der Waals surface area contributed by atoms with Gasteiger partial charge in [-0.25, -0.2) is 9.97 Å². The van der Waals surface area contributed by atoms with Crippen LogP contribution in [0.2, 0.25) is 0 Å². The molecule has 0 saturated heterocycles. The van der Waals surface area contributed by atoms with Crippen molar-refractivity contribution in [3.05, 3.63) is 55.3 Å². The third-order valence-corrected chi connectivity index (χ3v) is 2.72. The topological polar surface area (TPSA) is 91.5 Å². The van der Waals surface area contributed by atoms with Crippen molar-refractivity contribution in [3.63, 3.8) is 0 Å². The summed E-state index contributed by atoms with van der Waals surface area (Å²) in [5.74, 6) is 0. The van der Waals surface area contributed by atoms with E-state index in [0.717, 1.165) is 5.69 Å². The normalized spacial score (nSPS) is 9.35. The standard InChI is InChI=1S/C5H5BrN2O.C5H6N2O/c1-3-4(6)5(9)8-2-7-3;1-4-2-5(8)7-3-6-4/h2H,1H3,(H,7,8,9);2-3H,1H3,(H,6,7,8).